The number of halogens is 2. The van der Waals surface area contributed by atoms with Gasteiger partial charge in [-0.2, -0.15) is 8.78 Å². The van der Waals surface area contributed by atoms with E-state index >= 15 is 0 Å². The highest BCUT2D eigenvalue weighted by Gasteiger charge is 2.35. The fraction of sp³-hybridized carbons (Fsp3) is 0.194. The SMILES string of the molecule is CCOC(=O)C1=C(c2ccccc2)N=c2s/c(=C\c3ccccc3OC(F)F)c(=O)n2[C@@H]1c1ccc(OCC)cc1. The summed E-state index contributed by atoms with van der Waals surface area (Å²) in [4.78, 5) is 32.6. The summed E-state index contributed by atoms with van der Waals surface area (Å²) in [7, 11) is 0. The normalized spacial score (nSPS) is 15.0. The summed E-state index contributed by atoms with van der Waals surface area (Å²) in [5.74, 6) is -0.0169. The summed E-state index contributed by atoms with van der Waals surface area (Å²) in [5, 5.41) is 0. The van der Waals surface area contributed by atoms with E-state index < -0.39 is 24.2 Å². The van der Waals surface area contributed by atoms with Crippen LogP contribution in [0.4, 0.5) is 8.78 Å². The monoisotopic (exact) mass is 576 g/mol. The van der Waals surface area contributed by atoms with Crippen molar-refractivity contribution in [3.8, 4) is 11.5 Å². The van der Waals surface area contributed by atoms with Crippen LogP contribution >= 0.6 is 11.3 Å². The fourth-order valence-corrected chi connectivity index (χ4v) is 5.60. The van der Waals surface area contributed by atoms with Crippen LogP contribution in [0.1, 0.15) is 36.6 Å². The predicted octanol–water partition coefficient (Wildman–Crippen LogP) is 4.94. The number of esters is 1. The lowest BCUT2D eigenvalue weighted by molar-refractivity contribution is -0.138. The van der Waals surface area contributed by atoms with Crippen LogP contribution in [0.3, 0.4) is 0 Å². The summed E-state index contributed by atoms with van der Waals surface area (Å²) in [6, 6.07) is 21.7. The molecule has 0 unspecified atom stereocenters. The number of benzene rings is 3. The van der Waals surface area contributed by atoms with E-state index in [0.29, 0.717) is 39.5 Å². The second-order valence-corrected chi connectivity index (χ2v) is 9.86. The number of ether oxygens (including phenoxy) is 3. The van der Waals surface area contributed by atoms with Crippen molar-refractivity contribution in [2.45, 2.75) is 26.5 Å². The molecule has 2 heterocycles. The maximum absolute atomic E-state index is 14.0. The van der Waals surface area contributed by atoms with Gasteiger partial charge in [0.05, 0.1) is 35.1 Å². The van der Waals surface area contributed by atoms with Crippen molar-refractivity contribution in [2.24, 2.45) is 4.99 Å². The first-order chi connectivity index (χ1) is 19.9. The van der Waals surface area contributed by atoms with Crippen molar-refractivity contribution in [3.63, 3.8) is 0 Å². The van der Waals surface area contributed by atoms with Gasteiger partial charge < -0.3 is 14.2 Å². The standard InChI is InChI=1S/C31H26F2N2O5S/c1-3-38-22-16-14-20(15-17-22)27-25(29(37)39-4-2)26(19-10-6-5-7-11-19)34-31-35(27)28(36)24(41-31)18-21-12-8-9-13-23(21)40-30(32)33/h5-18,27,30H,3-4H2,1-2H3/b24-18-/t27-/m1/s1. The Morgan fingerprint density at radius 3 is 2.39 bits per heavy atom. The van der Waals surface area contributed by atoms with Crippen LogP contribution in [0.2, 0.25) is 0 Å². The van der Waals surface area contributed by atoms with E-state index in [1.807, 2.05) is 37.3 Å². The van der Waals surface area contributed by atoms with Crippen molar-refractivity contribution in [2.75, 3.05) is 13.2 Å². The second-order valence-electron chi connectivity index (χ2n) is 8.85. The number of carbonyl (C=O) groups is 1. The van der Waals surface area contributed by atoms with Crippen LogP contribution < -0.4 is 24.4 Å². The minimum atomic E-state index is -3.02. The molecule has 1 aromatic heterocycles. The third-order valence-electron chi connectivity index (χ3n) is 6.30. The predicted molar refractivity (Wildman–Crippen MR) is 152 cm³/mol. The molecule has 0 saturated carbocycles. The van der Waals surface area contributed by atoms with Gasteiger partial charge in [-0.15, -0.1) is 0 Å². The Kier molecular flexibility index (Phi) is 8.39. The lowest BCUT2D eigenvalue weighted by atomic mass is 9.93. The number of hydrogen-bond donors (Lipinski definition) is 0. The largest absolute Gasteiger partial charge is 0.494 e. The first-order valence-corrected chi connectivity index (χ1v) is 13.8. The lowest BCUT2D eigenvalue weighted by Crippen LogP contribution is -2.40. The number of alkyl halides is 2. The van der Waals surface area contributed by atoms with E-state index in [1.165, 1.54) is 16.7 Å². The van der Waals surface area contributed by atoms with Crippen LogP contribution in [-0.2, 0) is 9.53 Å². The first-order valence-electron chi connectivity index (χ1n) is 13.0. The molecule has 3 aromatic carbocycles. The molecular formula is C31H26F2N2O5S. The highest BCUT2D eigenvalue weighted by molar-refractivity contribution is 7.07. The summed E-state index contributed by atoms with van der Waals surface area (Å²) in [6.45, 7) is 1.18. The van der Waals surface area contributed by atoms with E-state index in [4.69, 9.17) is 14.5 Å². The lowest BCUT2D eigenvalue weighted by Gasteiger charge is -2.26. The van der Waals surface area contributed by atoms with Gasteiger partial charge in [-0.05, 0) is 43.7 Å². The maximum Gasteiger partial charge on any atom is 0.387 e. The molecule has 10 heteroatoms. The van der Waals surface area contributed by atoms with Gasteiger partial charge in [-0.25, -0.2) is 9.79 Å². The molecule has 0 aliphatic carbocycles. The molecular weight excluding hydrogens is 550 g/mol. The number of carbonyl (C=O) groups excluding carboxylic acids is 1. The summed E-state index contributed by atoms with van der Waals surface area (Å²) < 4.78 is 43.5. The first kappa shape index (κ1) is 28.0. The molecule has 1 aliphatic rings. The Bertz CT molecular complexity index is 1760. The smallest absolute Gasteiger partial charge is 0.387 e. The number of thiazole rings is 1. The topological polar surface area (TPSA) is 79.1 Å². The van der Waals surface area contributed by atoms with Gasteiger partial charge in [0, 0.05) is 11.1 Å². The highest BCUT2D eigenvalue weighted by atomic mass is 32.1. The van der Waals surface area contributed by atoms with Crippen LogP contribution in [0.5, 0.6) is 11.5 Å². The molecule has 4 aromatic rings. The molecule has 1 atom stereocenters. The van der Waals surface area contributed by atoms with Gasteiger partial charge in [0.1, 0.15) is 11.5 Å². The molecule has 0 N–H and O–H groups in total. The average Bonchev–Trinajstić information content (AvgIpc) is 3.28. The third kappa shape index (κ3) is 5.83. The van der Waals surface area contributed by atoms with Crippen LogP contribution in [0.25, 0.3) is 11.8 Å². The molecule has 1 aliphatic heterocycles. The Morgan fingerprint density at radius 1 is 1.00 bits per heavy atom. The van der Waals surface area contributed by atoms with Gasteiger partial charge in [0.25, 0.3) is 5.56 Å². The molecule has 0 bridgehead atoms. The molecule has 210 valence electrons. The molecule has 5 rings (SSSR count). The highest BCUT2D eigenvalue weighted by Crippen LogP contribution is 2.35. The molecule has 0 fully saturated rings. The van der Waals surface area contributed by atoms with Gasteiger partial charge in [-0.1, -0.05) is 72.0 Å². The Morgan fingerprint density at radius 2 is 1.71 bits per heavy atom. The maximum atomic E-state index is 14.0. The van der Waals surface area contributed by atoms with Crippen LogP contribution in [-0.4, -0.2) is 30.4 Å². The van der Waals surface area contributed by atoms with Crippen molar-refractivity contribution < 1.29 is 27.8 Å². The summed E-state index contributed by atoms with van der Waals surface area (Å²) >= 11 is 1.09. The van der Waals surface area contributed by atoms with E-state index in [9.17, 15) is 18.4 Å². The Labute approximate surface area is 238 Å². The molecule has 0 saturated heterocycles. The van der Waals surface area contributed by atoms with Gasteiger partial charge in [0.2, 0.25) is 0 Å². The minimum Gasteiger partial charge on any atom is -0.494 e. The van der Waals surface area contributed by atoms with Crippen molar-refractivity contribution in [1.29, 1.82) is 0 Å². The summed E-state index contributed by atoms with van der Waals surface area (Å²) in [5.41, 5.74) is 1.80. The third-order valence-corrected chi connectivity index (χ3v) is 7.29. The number of nitrogens with zero attached hydrogens (tertiary/aromatic N) is 2. The zero-order valence-corrected chi connectivity index (χ0v) is 23.1. The molecule has 0 amide bonds. The Balaban J connectivity index is 1.78. The van der Waals surface area contributed by atoms with Gasteiger partial charge in [-0.3, -0.25) is 9.36 Å². The Hall–Kier alpha value is -4.57. The van der Waals surface area contributed by atoms with E-state index in [1.54, 1.807) is 49.4 Å². The zero-order chi connectivity index (χ0) is 28.9. The number of aromatic nitrogens is 1. The van der Waals surface area contributed by atoms with Crippen molar-refractivity contribution in [1.82, 2.24) is 4.57 Å². The van der Waals surface area contributed by atoms with Gasteiger partial charge >= 0.3 is 12.6 Å². The molecule has 7 nitrogen and oxygen atoms in total. The quantitative estimate of drug-likeness (QED) is 0.264. The molecule has 41 heavy (non-hydrogen) atoms. The van der Waals surface area contributed by atoms with Crippen LogP contribution in [0.15, 0.2) is 94.2 Å². The van der Waals surface area contributed by atoms with E-state index in [2.05, 4.69) is 4.74 Å². The second kappa shape index (κ2) is 12.3. The van der Waals surface area contributed by atoms with Gasteiger partial charge in [0.15, 0.2) is 4.80 Å². The van der Waals surface area contributed by atoms with E-state index in [-0.39, 0.29) is 22.5 Å². The molecule has 0 spiro atoms. The number of para-hydroxylation sites is 1. The number of hydrogen-bond acceptors (Lipinski definition) is 7. The number of rotatable bonds is 9. The average molecular weight is 577 g/mol. The number of fused-ring (bicyclic) bond motifs is 1. The minimum absolute atomic E-state index is 0.0615. The zero-order valence-electron chi connectivity index (χ0n) is 22.3. The van der Waals surface area contributed by atoms with Crippen molar-refractivity contribution >= 4 is 29.1 Å². The van der Waals surface area contributed by atoms with E-state index in [0.717, 1.165) is 11.3 Å². The fourth-order valence-electron chi connectivity index (χ4n) is 4.61. The molecule has 0 radical (unpaired) electrons. The van der Waals surface area contributed by atoms with Crippen LogP contribution in [0, 0.1) is 0 Å². The summed E-state index contributed by atoms with van der Waals surface area (Å²) in [6.07, 6.45) is 1.49. The van der Waals surface area contributed by atoms with Crippen molar-refractivity contribution in [3.05, 3.63) is 121 Å².